The summed E-state index contributed by atoms with van der Waals surface area (Å²) in [5.41, 5.74) is 5.74. The maximum Gasteiger partial charge on any atom is 0.387 e. The summed E-state index contributed by atoms with van der Waals surface area (Å²) in [6.07, 6.45) is 2.04. The van der Waals surface area contributed by atoms with Gasteiger partial charge in [-0.2, -0.15) is 8.78 Å². The van der Waals surface area contributed by atoms with Gasteiger partial charge in [0, 0.05) is 25.7 Å². The van der Waals surface area contributed by atoms with Gasteiger partial charge in [0.2, 0.25) is 5.91 Å². The Labute approximate surface area is 151 Å². The highest BCUT2D eigenvalue weighted by Gasteiger charge is 2.30. The number of benzene rings is 1. The lowest BCUT2D eigenvalue weighted by Gasteiger charge is -2.32. The smallest absolute Gasteiger partial charge is 0.387 e. The van der Waals surface area contributed by atoms with Crippen LogP contribution in [0.5, 0.6) is 5.75 Å². The average Bonchev–Trinajstić information content (AvgIpc) is 2.61. The first kappa shape index (κ1) is 20.1. The Kier molecular flexibility index (Phi) is 7.32. The van der Waals surface area contributed by atoms with E-state index in [0.29, 0.717) is 32.4 Å². The zero-order chi connectivity index (χ0) is 19.1. The van der Waals surface area contributed by atoms with Crippen molar-refractivity contribution >= 4 is 11.8 Å². The van der Waals surface area contributed by atoms with Crippen LogP contribution in [0.3, 0.4) is 0 Å². The molecule has 2 atom stereocenters. The molecule has 2 amide bonds. The van der Waals surface area contributed by atoms with E-state index in [4.69, 9.17) is 5.73 Å². The van der Waals surface area contributed by atoms with E-state index >= 15 is 0 Å². The molecule has 144 valence electrons. The third kappa shape index (κ3) is 5.66. The number of carbonyl (C=O) groups excluding carboxylic acids is 2. The fourth-order valence-electron chi connectivity index (χ4n) is 2.96. The second-order valence-corrected chi connectivity index (χ2v) is 6.52. The van der Waals surface area contributed by atoms with Crippen molar-refractivity contribution in [1.29, 1.82) is 0 Å². The van der Waals surface area contributed by atoms with Gasteiger partial charge in [0.25, 0.3) is 5.91 Å². The van der Waals surface area contributed by atoms with Crippen molar-refractivity contribution in [2.24, 2.45) is 11.7 Å². The van der Waals surface area contributed by atoms with E-state index in [-0.39, 0.29) is 35.7 Å². The summed E-state index contributed by atoms with van der Waals surface area (Å²) in [5.74, 6) is -0.991. The van der Waals surface area contributed by atoms with E-state index in [1.54, 1.807) is 6.07 Å². The number of para-hydroxylation sites is 1. The number of amides is 2. The Balaban J connectivity index is 2.00. The van der Waals surface area contributed by atoms with Crippen molar-refractivity contribution < 1.29 is 23.1 Å². The molecule has 1 aliphatic heterocycles. The Hall–Kier alpha value is -2.22. The van der Waals surface area contributed by atoms with Crippen LogP contribution in [0.4, 0.5) is 8.78 Å². The molecule has 2 unspecified atom stereocenters. The molecule has 1 aromatic carbocycles. The number of halogens is 2. The summed E-state index contributed by atoms with van der Waals surface area (Å²) >= 11 is 0. The molecule has 3 N–H and O–H groups in total. The number of likely N-dealkylation sites (tertiary alicyclic amines) is 1. The number of hydrogen-bond donors (Lipinski definition) is 2. The fourth-order valence-corrected chi connectivity index (χ4v) is 2.96. The largest absolute Gasteiger partial charge is 0.434 e. The van der Waals surface area contributed by atoms with Gasteiger partial charge < -0.3 is 20.7 Å². The van der Waals surface area contributed by atoms with Crippen LogP contribution >= 0.6 is 0 Å². The predicted octanol–water partition coefficient (Wildman–Crippen LogP) is 1.99. The minimum Gasteiger partial charge on any atom is -0.434 e. The Morgan fingerprint density at radius 3 is 2.81 bits per heavy atom. The number of rotatable bonds is 7. The number of carbonyl (C=O) groups is 2. The lowest BCUT2D eigenvalue weighted by atomic mass is 9.96. The molecule has 0 aliphatic carbocycles. The Morgan fingerprint density at radius 1 is 1.38 bits per heavy atom. The molecule has 0 aromatic heterocycles. The van der Waals surface area contributed by atoms with Gasteiger partial charge in [0.1, 0.15) is 5.75 Å². The molecular weight excluding hydrogens is 344 g/mol. The predicted molar refractivity (Wildman–Crippen MR) is 93.0 cm³/mol. The lowest BCUT2D eigenvalue weighted by molar-refractivity contribution is -0.126. The maximum absolute atomic E-state index is 12.7. The highest BCUT2D eigenvalue weighted by atomic mass is 19.3. The maximum atomic E-state index is 12.7. The summed E-state index contributed by atoms with van der Waals surface area (Å²) < 4.78 is 29.5. The van der Waals surface area contributed by atoms with Crippen molar-refractivity contribution in [1.82, 2.24) is 10.2 Å². The van der Waals surface area contributed by atoms with Gasteiger partial charge in [-0.1, -0.05) is 12.1 Å². The normalized spacial score (nSPS) is 18.5. The number of piperidine rings is 1. The number of nitrogens with two attached hydrogens (primary N) is 1. The topological polar surface area (TPSA) is 84.7 Å². The van der Waals surface area contributed by atoms with Crippen LogP contribution < -0.4 is 15.8 Å². The zero-order valence-electron chi connectivity index (χ0n) is 14.8. The van der Waals surface area contributed by atoms with Gasteiger partial charge in [-0.25, -0.2) is 0 Å². The molecule has 1 saturated heterocycles. The van der Waals surface area contributed by atoms with Crippen LogP contribution in [0.25, 0.3) is 0 Å². The van der Waals surface area contributed by atoms with Crippen molar-refractivity contribution in [3.8, 4) is 5.75 Å². The van der Waals surface area contributed by atoms with Gasteiger partial charge in [0.05, 0.1) is 11.5 Å². The molecule has 6 nitrogen and oxygen atoms in total. The molecule has 0 bridgehead atoms. The highest BCUT2D eigenvalue weighted by Crippen LogP contribution is 2.25. The van der Waals surface area contributed by atoms with Crippen LogP contribution in [0.15, 0.2) is 24.3 Å². The number of nitrogens with one attached hydrogen (secondary N) is 1. The number of alkyl halides is 2. The summed E-state index contributed by atoms with van der Waals surface area (Å²) in [5, 5.41) is 2.84. The quantitative estimate of drug-likeness (QED) is 0.770. The van der Waals surface area contributed by atoms with Gasteiger partial charge in [-0.05, 0) is 38.3 Å². The van der Waals surface area contributed by atoms with Crippen molar-refractivity contribution in [2.45, 2.75) is 38.8 Å². The van der Waals surface area contributed by atoms with Crippen LogP contribution in [0.1, 0.15) is 36.5 Å². The van der Waals surface area contributed by atoms with Gasteiger partial charge in [-0.15, -0.1) is 0 Å². The number of ether oxygens (including phenoxy) is 1. The van der Waals surface area contributed by atoms with E-state index < -0.39 is 12.5 Å². The zero-order valence-corrected chi connectivity index (χ0v) is 14.8. The van der Waals surface area contributed by atoms with Crippen LogP contribution in [-0.4, -0.2) is 49.0 Å². The summed E-state index contributed by atoms with van der Waals surface area (Å²) in [7, 11) is 0. The molecule has 1 aliphatic rings. The van der Waals surface area contributed by atoms with E-state index in [0.717, 1.165) is 0 Å². The van der Waals surface area contributed by atoms with Crippen LogP contribution in [0, 0.1) is 5.92 Å². The van der Waals surface area contributed by atoms with Gasteiger partial charge >= 0.3 is 6.61 Å². The Morgan fingerprint density at radius 2 is 2.12 bits per heavy atom. The van der Waals surface area contributed by atoms with Crippen LogP contribution in [-0.2, 0) is 4.79 Å². The second kappa shape index (κ2) is 9.47. The molecule has 1 fully saturated rings. The first-order valence-corrected chi connectivity index (χ1v) is 8.75. The molecule has 0 radical (unpaired) electrons. The summed E-state index contributed by atoms with van der Waals surface area (Å²) in [4.78, 5) is 26.5. The SMILES string of the molecule is CC(N)CCNC(=O)C1CCCN(C(=O)c2ccccc2OC(F)F)C1. The standard InChI is InChI=1S/C18H25F2N3O3/c1-12(21)8-9-22-16(24)13-5-4-10-23(11-13)17(25)14-6-2-3-7-15(14)26-18(19)20/h2-3,6-7,12-13,18H,4-5,8-11,21H2,1H3,(H,22,24). The minimum atomic E-state index is -3.01. The number of nitrogens with zero attached hydrogens (tertiary/aromatic N) is 1. The minimum absolute atomic E-state index is 0.00562. The number of hydrogen-bond acceptors (Lipinski definition) is 4. The van der Waals surface area contributed by atoms with Crippen molar-refractivity contribution in [3.63, 3.8) is 0 Å². The van der Waals surface area contributed by atoms with E-state index in [1.165, 1.54) is 23.1 Å². The van der Waals surface area contributed by atoms with Crippen LogP contribution in [0.2, 0.25) is 0 Å². The first-order chi connectivity index (χ1) is 12.4. The molecule has 26 heavy (non-hydrogen) atoms. The van der Waals surface area contributed by atoms with Crippen molar-refractivity contribution in [2.75, 3.05) is 19.6 Å². The highest BCUT2D eigenvalue weighted by molar-refractivity contribution is 5.97. The second-order valence-electron chi connectivity index (χ2n) is 6.52. The molecular formula is C18H25F2N3O3. The van der Waals surface area contributed by atoms with Gasteiger partial charge in [-0.3, -0.25) is 9.59 Å². The average molecular weight is 369 g/mol. The lowest BCUT2D eigenvalue weighted by Crippen LogP contribution is -2.46. The third-order valence-electron chi connectivity index (χ3n) is 4.31. The summed E-state index contributed by atoms with van der Waals surface area (Å²) in [6, 6.07) is 5.91. The van der Waals surface area contributed by atoms with Gasteiger partial charge in [0.15, 0.2) is 0 Å². The fraction of sp³-hybridized carbons (Fsp3) is 0.556. The molecule has 0 spiro atoms. The summed E-state index contributed by atoms with van der Waals surface area (Å²) in [6.45, 7) is 0.0869. The first-order valence-electron chi connectivity index (χ1n) is 8.75. The molecule has 1 aromatic rings. The monoisotopic (exact) mass is 369 g/mol. The Bertz CT molecular complexity index is 625. The molecule has 8 heteroatoms. The molecule has 2 rings (SSSR count). The third-order valence-corrected chi connectivity index (χ3v) is 4.31. The van der Waals surface area contributed by atoms with Crippen molar-refractivity contribution in [3.05, 3.63) is 29.8 Å². The van der Waals surface area contributed by atoms with E-state index in [2.05, 4.69) is 10.1 Å². The van der Waals surface area contributed by atoms with E-state index in [1.807, 2.05) is 6.92 Å². The molecule has 0 saturated carbocycles. The molecule has 1 heterocycles. The van der Waals surface area contributed by atoms with E-state index in [9.17, 15) is 18.4 Å².